The van der Waals surface area contributed by atoms with Crippen LogP contribution in [0, 0.1) is 5.82 Å². The van der Waals surface area contributed by atoms with Crippen LogP contribution in [0.5, 0.6) is 0 Å². The van der Waals surface area contributed by atoms with Gasteiger partial charge in [0.05, 0.1) is 5.56 Å². The highest BCUT2D eigenvalue weighted by molar-refractivity contribution is 5.30. The number of rotatable bonds is 1. The van der Waals surface area contributed by atoms with Gasteiger partial charge in [-0.3, -0.25) is 0 Å². The summed E-state index contributed by atoms with van der Waals surface area (Å²) in [6.07, 6.45) is -4.42. The predicted octanol–water partition coefficient (Wildman–Crippen LogP) is 4.43. The van der Waals surface area contributed by atoms with Gasteiger partial charge in [0, 0.05) is 0 Å². The van der Waals surface area contributed by atoms with E-state index in [1.54, 1.807) is 0 Å². The second-order valence-corrected chi connectivity index (χ2v) is 2.62. The van der Waals surface area contributed by atoms with E-state index in [0.717, 1.165) is 18.2 Å². The molecule has 0 heterocycles. The lowest BCUT2D eigenvalue weighted by Crippen LogP contribution is -2.10. The zero-order valence-corrected chi connectivity index (χ0v) is 8.95. The van der Waals surface area contributed by atoms with Gasteiger partial charge in [0.1, 0.15) is 5.82 Å². The Morgan fingerprint density at radius 3 is 2.00 bits per heavy atom. The second kappa shape index (κ2) is 5.73. The van der Waals surface area contributed by atoms with Crippen molar-refractivity contribution in [1.29, 1.82) is 0 Å². The first-order valence-corrected chi connectivity index (χ1v) is 4.81. The minimum Gasteiger partial charge on any atom is -0.207 e. The molecule has 1 aromatic carbocycles. The summed E-state index contributed by atoms with van der Waals surface area (Å²) in [6.45, 7) is 5.49. The van der Waals surface area contributed by atoms with Gasteiger partial charge in [0.2, 0.25) is 0 Å². The third-order valence-electron chi connectivity index (χ3n) is 1.78. The van der Waals surface area contributed by atoms with Crippen LogP contribution in [0.4, 0.5) is 17.6 Å². The number of hydrogen-bond donors (Lipinski definition) is 0. The van der Waals surface area contributed by atoms with Crippen molar-refractivity contribution in [2.45, 2.75) is 33.4 Å². The summed E-state index contributed by atoms with van der Waals surface area (Å²) < 4.78 is 49.6. The van der Waals surface area contributed by atoms with Gasteiger partial charge in [-0.1, -0.05) is 26.8 Å². The van der Waals surface area contributed by atoms with Gasteiger partial charge in [-0.05, 0) is 24.1 Å². The third-order valence-corrected chi connectivity index (χ3v) is 1.78. The van der Waals surface area contributed by atoms with Gasteiger partial charge in [-0.15, -0.1) is 0 Å². The number of benzene rings is 1. The summed E-state index contributed by atoms with van der Waals surface area (Å²) in [7, 11) is 0. The minimum atomic E-state index is -4.46. The Bertz CT molecular complexity index is 302. The molecule has 0 aliphatic heterocycles. The summed E-state index contributed by atoms with van der Waals surface area (Å²) in [5, 5.41) is 0. The molecule has 1 rings (SSSR count). The predicted molar refractivity (Wildman–Crippen MR) is 52.1 cm³/mol. The summed E-state index contributed by atoms with van der Waals surface area (Å²) in [4.78, 5) is 0. The molecule has 0 saturated carbocycles. The molecule has 0 saturated heterocycles. The van der Waals surface area contributed by atoms with Crippen LogP contribution in [-0.4, -0.2) is 0 Å². The Balaban J connectivity index is 0.000000921. The lowest BCUT2D eigenvalue weighted by molar-refractivity contribution is -0.138. The normalized spacial score (nSPS) is 10.6. The van der Waals surface area contributed by atoms with E-state index in [1.165, 1.54) is 6.92 Å². The van der Waals surface area contributed by atoms with Crippen molar-refractivity contribution in [3.63, 3.8) is 0 Å². The van der Waals surface area contributed by atoms with E-state index in [2.05, 4.69) is 0 Å². The molecule has 0 atom stereocenters. The fourth-order valence-corrected chi connectivity index (χ4v) is 1.18. The number of alkyl halides is 3. The maximum atomic E-state index is 12.9. The third kappa shape index (κ3) is 3.53. The zero-order valence-electron chi connectivity index (χ0n) is 8.95. The topological polar surface area (TPSA) is 0 Å². The zero-order chi connectivity index (χ0) is 12.1. The average Bonchev–Trinajstić information content (AvgIpc) is 2.19. The smallest absolute Gasteiger partial charge is 0.207 e. The van der Waals surface area contributed by atoms with Crippen molar-refractivity contribution in [3.05, 3.63) is 35.1 Å². The molecule has 4 heteroatoms. The molecule has 0 aliphatic rings. The Hall–Kier alpha value is -1.06. The van der Waals surface area contributed by atoms with Gasteiger partial charge in [0.25, 0.3) is 0 Å². The Morgan fingerprint density at radius 1 is 1.13 bits per heavy atom. The molecule has 0 radical (unpaired) electrons. The first kappa shape index (κ1) is 13.9. The lowest BCUT2D eigenvalue weighted by atomic mass is 10.0. The Kier molecular flexibility index (Phi) is 5.33. The van der Waals surface area contributed by atoms with E-state index in [-0.39, 0.29) is 12.0 Å². The van der Waals surface area contributed by atoms with Crippen LogP contribution < -0.4 is 0 Å². The van der Waals surface area contributed by atoms with Crippen LogP contribution >= 0.6 is 0 Å². The summed E-state index contributed by atoms with van der Waals surface area (Å²) in [5.74, 6) is -0.794. The van der Waals surface area contributed by atoms with Gasteiger partial charge >= 0.3 is 6.18 Å². The van der Waals surface area contributed by atoms with Gasteiger partial charge in [0.15, 0.2) is 0 Å². The van der Waals surface area contributed by atoms with Gasteiger partial charge in [-0.25, -0.2) is 4.39 Å². The highest BCUT2D eigenvalue weighted by Crippen LogP contribution is 2.33. The van der Waals surface area contributed by atoms with E-state index in [1.807, 2.05) is 13.8 Å². The molecule has 0 amide bonds. The number of halogens is 4. The molecule has 86 valence electrons. The van der Waals surface area contributed by atoms with E-state index in [0.29, 0.717) is 0 Å². The Labute approximate surface area is 86.9 Å². The maximum absolute atomic E-state index is 12.9. The molecule has 0 aromatic heterocycles. The molecule has 0 nitrogen and oxygen atoms in total. The van der Waals surface area contributed by atoms with Crippen molar-refractivity contribution in [2.24, 2.45) is 0 Å². The molecule has 0 bridgehead atoms. The van der Waals surface area contributed by atoms with Crippen molar-refractivity contribution in [1.82, 2.24) is 0 Å². The molecular weight excluding hydrogens is 208 g/mol. The first-order chi connectivity index (χ1) is 6.96. The van der Waals surface area contributed by atoms with Gasteiger partial charge in [-0.2, -0.15) is 13.2 Å². The van der Waals surface area contributed by atoms with Crippen LogP contribution in [0.1, 0.15) is 31.9 Å². The van der Waals surface area contributed by atoms with Crippen LogP contribution in [-0.2, 0) is 12.6 Å². The molecule has 15 heavy (non-hydrogen) atoms. The first-order valence-electron chi connectivity index (χ1n) is 4.81. The standard InChI is InChI=1S/C9H8F4.C2H6/c1-2-6-7(9(11,12)13)4-3-5-8(6)10;1-2/h3-5H,2H2,1H3;1-2H3. The van der Waals surface area contributed by atoms with Crippen molar-refractivity contribution in [3.8, 4) is 0 Å². The molecular formula is C11H14F4. The van der Waals surface area contributed by atoms with Gasteiger partial charge < -0.3 is 0 Å². The minimum absolute atomic E-state index is 0.0432. The largest absolute Gasteiger partial charge is 0.416 e. The van der Waals surface area contributed by atoms with Crippen molar-refractivity contribution < 1.29 is 17.6 Å². The average molecular weight is 222 g/mol. The summed E-state index contributed by atoms with van der Waals surface area (Å²) >= 11 is 0. The molecule has 0 N–H and O–H groups in total. The van der Waals surface area contributed by atoms with Crippen LogP contribution in [0.15, 0.2) is 18.2 Å². The highest BCUT2D eigenvalue weighted by Gasteiger charge is 2.33. The fourth-order valence-electron chi connectivity index (χ4n) is 1.18. The quantitative estimate of drug-likeness (QED) is 0.616. The molecule has 1 aromatic rings. The summed E-state index contributed by atoms with van der Waals surface area (Å²) in [6, 6.07) is 2.99. The van der Waals surface area contributed by atoms with E-state index < -0.39 is 17.6 Å². The Morgan fingerprint density at radius 2 is 1.67 bits per heavy atom. The molecule has 0 fully saturated rings. The maximum Gasteiger partial charge on any atom is 0.416 e. The van der Waals surface area contributed by atoms with Crippen molar-refractivity contribution >= 4 is 0 Å². The highest BCUT2D eigenvalue weighted by atomic mass is 19.4. The molecule has 0 spiro atoms. The molecule has 0 unspecified atom stereocenters. The van der Waals surface area contributed by atoms with Crippen LogP contribution in [0.2, 0.25) is 0 Å². The monoisotopic (exact) mass is 222 g/mol. The van der Waals surface area contributed by atoms with Crippen molar-refractivity contribution in [2.75, 3.05) is 0 Å². The van der Waals surface area contributed by atoms with E-state index >= 15 is 0 Å². The molecule has 0 aliphatic carbocycles. The fraction of sp³-hybridized carbons (Fsp3) is 0.455. The second-order valence-electron chi connectivity index (χ2n) is 2.62. The number of hydrogen-bond acceptors (Lipinski definition) is 0. The SMILES string of the molecule is CC.CCc1c(F)cccc1C(F)(F)F. The lowest BCUT2D eigenvalue weighted by Gasteiger charge is -2.11. The van der Waals surface area contributed by atoms with E-state index in [4.69, 9.17) is 0 Å². The van der Waals surface area contributed by atoms with Crippen LogP contribution in [0.3, 0.4) is 0 Å². The van der Waals surface area contributed by atoms with E-state index in [9.17, 15) is 17.6 Å². The van der Waals surface area contributed by atoms with Crippen LogP contribution in [0.25, 0.3) is 0 Å². The summed E-state index contributed by atoms with van der Waals surface area (Å²) in [5.41, 5.74) is -1.15.